The summed E-state index contributed by atoms with van der Waals surface area (Å²) in [6.45, 7) is 1.13. The molecule has 120 valence electrons. The van der Waals surface area contributed by atoms with Crippen LogP contribution in [-0.2, 0) is 34.3 Å². The average Bonchev–Trinajstić information content (AvgIpc) is 3.01. The third-order valence-electron chi connectivity index (χ3n) is 4.21. The highest BCUT2D eigenvalue weighted by Gasteiger charge is 2.30. The second-order valence-electron chi connectivity index (χ2n) is 5.65. The molecule has 2 aliphatic rings. The van der Waals surface area contributed by atoms with Crippen LogP contribution in [0.25, 0.3) is 0 Å². The van der Waals surface area contributed by atoms with E-state index in [-0.39, 0.29) is 17.3 Å². The summed E-state index contributed by atoms with van der Waals surface area (Å²) < 4.78 is 28.9. The molecule has 0 fully saturated rings. The van der Waals surface area contributed by atoms with Crippen LogP contribution in [0.5, 0.6) is 0 Å². The van der Waals surface area contributed by atoms with Crippen molar-refractivity contribution in [3.63, 3.8) is 0 Å². The number of amides is 1. The molecule has 2 aliphatic heterocycles. The van der Waals surface area contributed by atoms with Crippen LogP contribution in [-0.4, -0.2) is 40.2 Å². The second-order valence-corrected chi connectivity index (χ2v) is 7.59. The molecule has 2 aromatic rings. The summed E-state index contributed by atoms with van der Waals surface area (Å²) in [7, 11) is -3.58. The molecule has 1 aromatic carbocycles. The monoisotopic (exact) mass is 333 g/mol. The van der Waals surface area contributed by atoms with E-state index in [2.05, 4.69) is 15.6 Å². The lowest BCUT2D eigenvalue weighted by atomic mass is 10.0. The topological polar surface area (TPSA) is 97.2 Å². The van der Waals surface area contributed by atoms with Crippen molar-refractivity contribution in [3.05, 3.63) is 35.7 Å². The number of nitrogens with one attached hydrogen (secondary N) is 1. The number of carbonyl (C=O) groups excluding carboxylic acids is 1. The summed E-state index contributed by atoms with van der Waals surface area (Å²) in [4.78, 5) is 11.7. The van der Waals surface area contributed by atoms with Crippen molar-refractivity contribution in [2.75, 3.05) is 11.9 Å². The zero-order valence-corrected chi connectivity index (χ0v) is 13.1. The van der Waals surface area contributed by atoms with Crippen LogP contribution >= 0.6 is 0 Å². The molecule has 0 spiro atoms. The minimum absolute atomic E-state index is 0.0371. The van der Waals surface area contributed by atoms with E-state index >= 15 is 0 Å². The third-order valence-corrected chi connectivity index (χ3v) is 6.05. The van der Waals surface area contributed by atoms with Crippen LogP contribution in [0.4, 0.5) is 5.69 Å². The Kier molecular flexibility index (Phi) is 3.20. The fraction of sp³-hybridized carbons (Fsp3) is 0.357. The van der Waals surface area contributed by atoms with Crippen LogP contribution < -0.4 is 5.32 Å². The number of fused-ring (bicyclic) bond motifs is 2. The SMILES string of the molecule is O=C1CCc2cc(S(=O)(=O)N3CCn4nncc4C3)ccc2N1. The molecule has 0 unspecified atom stereocenters. The molecule has 1 aromatic heterocycles. The number of hydrogen-bond donors (Lipinski definition) is 1. The number of aromatic nitrogens is 3. The largest absolute Gasteiger partial charge is 0.326 e. The highest BCUT2D eigenvalue weighted by Crippen LogP contribution is 2.28. The van der Waals surface area contributed by atoms with E-state index in [1.807, 2.05) is 0 Å². The van der Waals surface area contributed by atoms with E-state index in [4.69, 9.17) is 0 Å². The molecule has 9 heteroatoms. The summed E-state index contributed by atoms with van der Waals surface area (Å²) in [5, 5.41) is 10.5. The first-order valence-electron chi connectivity index (χ1n) is 7.34. The number of aryl methyl sites for hydroxylation is 1. The van der Waals surface area contributed by atoms with E-state index in [1.54, 1.807) is 29.1 Å². The van der Waals surface area contributed by atoms with Crippen molar-refractivity contribution in [1.29, 1.82) is 0 Å². The number of anilines is 1. The van der Waals surface area contributed by atoms with Crippen molar-refractivity contribution < 1.29 is 13.2 Å². The number of rotatable bonds is 2. The molecular weight excluding hydrogens is 318 g/mol. The molecule has 0 saturated carbocycles. The Hall–Kier alpha value is -2.26. The summed E-state index contributed by atoms with van der Waals surface area (Å²) in [6.07, 6.45) is 2.52. The molecule has 0 radical (unpaired) electrons. The van der Waals surface area contributed by atoms with Gasteiger partial charge >= 0.3 is 0 Å². The Morgan fingerprint density at radius 3 is 2.91 bits per heavy atom. The molecule has 8 nitrogen and oxygen atoms in total. The Balaban J connectivity index is 1.66. The van der Waals surface area contributed by atoms with Gasteiger partial charge in [0.05, 0.1) is 29.9 Å². The molecule has 0 atom stereocenters. The molecule has 0 saturated heterocycles. The van der Waals surface area contributed by atoms with Gasteiger partial charge in [-0.15, -0.1) is 5.10 Å². The van der Waals surface area contributed by atoms with E-state index in [1.165, 1.54) is 4.31 Å². The molecule has 1 N–H and O–H groups in total. The Morgan fingerprint density at radius 1 is 1.17 bits per heavy atom. The number of benzene rings is 1. The third kappa shape index (κ3) is 2.41. The van der Waals surface area contributed by atoms with Gasteiger partial charge < -0.3 is 5.32 Å². The number of nitrogens with zero attached hydrogens (tertiary/aromatic N) is 4. The van der Waals surface area contributed by atoms with Crippen molar-refractivity contribution >= 4 is 21.6 Å². The number of hydrogen-bond acceptors (Lipinski definition) is 5. The molecule has 23 heavy (non-hydrogen) atoms. The Labute approximate surface area is 133 Å². The molecule has 0 aliphatic carbocycles. The first-order valence-corrected chi connectivity index (χ1v) is 8.78. The smallest absolute Gasteiger partial charge is 0.243 e. The first-order chi connectivity index (χ1) is 11.0. The maximum Gasteiger partial charge on any atom is 0.243 e. The predicted molar refractivity (Wildman–Crippen MR) is 81.0 cm³/mol. The van der Waals surface area contributed by atoms with Gasteiger partial charge in [0.2, 0.25) is 15.9 Å². The zero-order chi connectivity index (χ0) is 16.0. The summed E-state index contributed by atoms with van der Waals surface area (Å²) in [6, 6.07) is 4.87. The van der Waals surface area contributed by atoms with Gasteiger partial charge in [0, 0.05) is 18.7 Å². The molecule has 0 bridgehead atoms. The van der Waals surface area contributed by atoms with Gasteiger partial charge in [-0.3, -0.25) is 4.79 Å². The second kappa shape index (κ2) is 5.14. The standard InChI is InChI=1S/C14H15N5O3S/c20-14-4-1-10-7-12(2-3-13(10)16-14)23(21,22)18-5-6-19-11(9-18)8-15-17-19/h2-3,7-8H,1,4-6,9H2,(H,16,20). The van der Waals surface area contributed by atoms with Crippen LogP contribution in [0.2, 0.25) is 0 Å². The fourth-order valence-corrected chi connectivity index (χ4v) is 4.38. The summed E-state index contributed by atoms with van der Waals surface area (Å²) in [5.74, 6) is -0.0371. The fourth-order valence-electron chi connectivity index (χ4n) is 2.93. The van der Waals surface area contributed by atoms with Crippen LogP contribution in [0.3, 0.4) is 0 Å². The maximum absolute atomic E-state index is 12.9. The Bertz CT molecular complexity index is 890. The average molecular weight is 333 g/mol. The quantitative estimate of drug-likeness (QED) is 0.856. The lowest BCUT2D eigenvalue weighted by molar-refractivity contribution is -0.116. The highest BCUT2D eigenvalue weighted by atomic mass is 32.2. The minimum atomic E-state index is -3.58. The number of carbonyl (C=O) groups is 1. The molecular formula is C14H15N5O3S. The molecule has 4 rings (SSSR count). The van der Waals surface area contributed by atoms with Gasteiger partial charge in [-0.2, -0.15) is 4.31 Å². The Morgan fingerprint density at radius 2 is 2.04 bits per heavy atom. The normalized spacial score (nSPS) is 18.2. The van der Waals surface area contributed by atoms with E-state index in [0.717, 1.165) is 11.3 Å². The van der Waals surface area contributed by atoms with E-state index < -0.39 is 10.0 Å². The zero-order valence-electron chi connectivity index (χ0n) is 12.3. The first kappa shape index (κ1) is 14.3. The van der Waals surface area contributed by atoms with E-state index in [0.29, 0.717) is 31.6 Å². The van der Waals surface area contributed by atoms with Gasteiger partial charge in [-0.1, -0.05) is 5.21 Å². The summed E-state index contributed by atoms with van der Waals surface area (Å²) in [5.41, 5.74) is 2.33. The van der Waals surface area contributed by atoms with E-state index in [9.17, 15) is 13.2 Å². The van der Waals surface area contributed by atoms with Crippen LogP contribution in [0.1, 0.15) is 17.7 Å². The maximum atomic E-state index is 12.9. The van der Waals surface area contributed by atoms with Gasteiger partial charge in [0.15, 0.2) is 0 Å². The summed E-state index contributed by atoms with van der Waals surface area (Å²) >= 11 is 0. The van der Waals surface area contributed by atoms with Gasteiger partial charge in [0.25, 0.3) is 0 Å². The minimum Gasteiger partial charge on any atom is -0.326 e. The predicted octanol–water partition coefficient (Wildman–Crippen LogP) is 0.367. The van der Waals surface area contributed by atoms with Gasteiger partial charge in [0.1, 0.15) is 0 Å². The lowest BCUT2D eigenvalue weighted by Crippen LogP contribution is -2.38. The molecule has 1 amide bonds. The van der Waals surface area contributed by atoms with Crippen molar-refractivity contribution in [3.8, 4) is 0 Å². The number of sulfonamides is 1. The van der Waals surface area contributed by atoms with Crippen molar-refractivity contribution in [2.24, 2.45) is 0 Å². The van der Waals surface area contributed by atoms with Gasteiger partial charge in [-0.25, -0.2) is 13.1 Å². The van der Waals surface area contributed by atoms with Crippen LogP contribution in [0.15, 0.2) is 29.3 Å². The lowest BCUT2D eigenvalue weighted by Gasteiger charge is -2.27. The van der Waals surface area contributed by atoms with Gasteiger partial charge in [-0.05, 0) is 30.2 Å². The van der Waals surface area contributed by atoms with Crippen molar-refractivity contribution in [1.82, 2.24) is 19.3 Å². The molecule has 3 heterocycles. The highest BCUT2D eigenvalue weighted by molar-refractivity contribution is 7.89. The van der Waals surface area contributed by atoms with Crippen LogP contribution in [0, 0.1) is 0 Å². The van der Waals surface area contributed by atoms with Crippen molar-refractivity contribution in [2.45, 2.75) is 30.8 Å².